The van der Waals surface area contributed by atoms with Crippen molar-refractivity contribution in [2.45, 2.75) is 26.2 Å². The summed E-state index contributed by atoms with van der Waals surface area (Å²) in [5, 5.41) is 8.03. The number of pyridine rings is 1. The standard InChI is InChI=1S/C52H36N4O/c1-52(2,3)32-27-44-42-21-11-19-40-36-15-4-5-16-37(36)41-20-12-24-47-51(41)55(45-22-8-7-18-43(45)50(40)42)31-54(47)33-13-10-14-34(29-33)57-35-25-26-39-38-17-6-9-23-46(38)56(48(39)30-35)49(28-32)53-44/h4-30H,1-3H3. The van der Waals surface area contributed by atoms with Crippen LogP contribution in [0.1, 0.15) is 26.3 Å². The first kappa shape index (κ1) is 32.0. The number of aromatic nitrogens is 4. The predicted molar refractivity (Wildman–Crippen MR) is 234 cm³/mol. The first-order chi connectivity index (χ1) is 27.9. The summed E-state index contributed by atoms with van der Waals surface area (Å²) >= 11 is 0. The molecule has 5 heterocycles. The van der Waals surface area contributed by atoms with Crippen molar-refractivity contribution in [1.29, 1.82) is 0 Å². The maximum Gasteiger partial charge on any atom is 0.269 e. The van der Waals surface area contributed by atoms with Gasteiger partial charge in [0, 0.05) is 22.2 Å². The molecule has 0 radical (unpaired) electrons. The zero-order valence-electron chi connectivity index (χ0n) is 31.8. The van der Waals surface area contributed by atoms with E-state index in [2.05, 4.69) is 198 Å². The molecule has 3 aromatic heterocycles. The Bertz CT molecular complexity index is 3690. The summed E-state index contributed by atoms with van der Waals surface area (Å²) in [5.74, 6) is 0. The van der Waals surface area contributed by atoms with E-state index in [-0.39, 0.29) is 5.41 Å². The van der Waals surface area contributed by atoms with Crippen molar-refractivity contribution >= 4 is 87.6 Å². The SMILES string of the molecule is CC(C)(C)c1cc2nc(c1)n1c3ccccc3c3ccc(cc31)oc1cccc(c1)n1[c-][n+]3c4c(cccc41)c1ccccc1c1cccc2c1-c1ccccc1-3. The van der Waals surface area contributed by atoms with Crippen molar-refractivity contribution in [3.63, 3.8) is 0 Å². The van der Waals surface area contributed by atoms with Crippen LogP contribution in [-0.4, -0.2) is 13.8 Å². The smallest absolute Gasteiger partial charge is 0.269 e. The molecule has 270 valence electrons. The van der Waals surface area contributed by atoms with Gasteiger partial charge in [-0.1, -0.05) is 124 Å². The summed E-state index contributed by atoms with van der Waals surface area (Å²) < 4.78 is 13.5. The van der Waals surface area contributed by atoms with E-state index in [1.54, 1.807) is 0 Å². The molecule has 0 fully saturated rings. The normalized spacial score (nSPS) is 12.5. The third-order valence-corrected chi connectivity index (χ3v) is 11.8. The number of fused-ring (bicyclic) bond motifs is 16. The lowest BCUT2D eigenvalue weighted by molar-refractivity contribution is -0.570. The third-order valence-electron chi connectivity index (χ3n) is 11.8. The number of rotatable bonds is 0. The summed E-state index contributed by atoms with van der Waals surface area (Å²) in [6, 6.07) is 58.8. The molecular formula is C52H36N4O. The van der Waals surface area contributed by atoms with Crippen LogP contribution in [-0.2, 0) is 5.41 Å². The molecule has 7 aromatic carbocycles. The molecule has 2 aliphatic rings. The van der Waals surface area contributed by atoms with Gasteiger partial charge in [-0.05, 0) is 98.2 Å². The van der Waals surface area contributed by atoms with Crippen molar-refractivity contribution in [2.24, 2.45) is 0 Å². The van der Waals surface area contributed by atoms with Gasteiger partial charge in [-0.3, -0.25) is 13.4 Å². The summed E-state index contributed by atoms with van der Waals surface area (Å²) in [5.41, 5.74) is 12.9. The molecule has 0 saturated carbocycles. The third kappa shape index (κ3) is 4.69. The Morgan fingerprint density at radius 2 is 1.21 bits per heavy atom. The molecule has 12 rings (SSSR count). The molecule has 5 nitrogen and oxygen atoms in total. The second-order valence-electron chi connectivity index (χ2n) is 16.2. The maximum atomic E-state index is 6.75. The number of para-hydroxylation sites is 3. The van der Waals surface area contributed by atoms with E-state index in [1.807, 2.05) is 6.07 Å². The van der Waals surface area contributed by atoms with Crippen LogP contribution in [0, 0.1) is 6.33 Å². The Hall–Kier alpha value is -7.24. The summed E-state index contributed by atoms with van der Waals surface area (Å²) in [6.07, 6.45) is 3.85. The fraction of sp³-hybridized carbons (Fsp3) is 0.0769. The Morgan fingerprint density at radius 3 is 2.09 bits per heavy atom. The fourth-order valence-corrected chi connectivity index (χ4v) is 9.14. The lowest BCUT2D eigenvalue weighted by Gasteiger charge is -2.20. The van der Waals surface area contributed by atoms with Gasteiger partial charge in [-0.2, -0.15) is 0 Å². The van der Waals surface area contributed by atoms with E-state index in [9.17, 15) is 0 Å². The zero-order valence-corrected chi connectivity index (χ0v) is 31.8. The number of imidazole rings is 1. The fourth-order valence-electron chi connectivity index (χ4n) is 9.14. The summed E-state index contributed by atoms with van der Waals surface area (Å²) in [7, 11) is 0. The summed E-state index contributed by atoms with van der Waals surface area (Å²) in [4.78, 5) is 5.67. The van der Waals surface area contributed by atoms with Gasteiger partial charge in [-0.15, -0.1) is 0 Å². The molecule has 0 atom stereocenters. The van der Waals surface area contributed by atoms with Crippen molar-refractivity contribution in [2.75, 3.05) is 0 Å². The number of hydrogen-bond acceptors (Lipinski definition) is 2. The Balaban J connectivity index is 1.44. The van der Waals surface area contributed by atoms with Crippen LogP contribution in [0.15, 0.2) is 168 Å². The number of nitrogens with zero attached hydrogens (tertiary/aromatic N) is 4. The van der Waals surface area contributed by atoms with E-state index in [0.29, 0.717) is 0 Å². The average molecular weight is 733 g/mol. The van der Waals surface area contributed by atoms with Gasteiger partial charge in [0.1, 0.15) is 16.8 Å². The van der Waals surface area contributed by atoms with Crippen LogP contribution < -0.4 is 4.57 Å². The molecule has 0 saturated heterocycles. The van der Waals surface area contributed by atoms with Crippen molar-refractivity contribution < 1.29 is 8.98 Å². The molecule has 0 aliphatic carbocycles. The monoisotopic (exact) mass is 732 g/mol. The molecule has 0 spiro atoms. The lowest BCUT2D eigenvalue weighted by atomic mass is 9.86. The van der Waals surface area contributed by atoms with Crippen molar-refractivity contribution in [3.05, 3.63) is 176 Å². The van der Waals surface area contributed by atoms with Gasteiger partial charge >= 0.3 is 0 Å². The summed E-state index contributed by atoms with van der Waals surface area (Å²) in [6.45, 7) is 6.85. The van der Waals surface area contributed by atoms with E-state index >= 15 is 0 Å². The van der Waals surface area contributed by atoms with Crippen LogP contribution in [0.25, 0.3) is 104 Å². The predicted octanol–water partition coefficient (Wildman–Crippen LogP) is 12.9. The highest BCUT2D eigenvalue weighted by atomic mass is 16.3. The molecular weight excluding hydrogens is 697 g/mol. The van der Waals surface area contributed by atoms with E-state index < -0.39 is 0 Å². The second-order valence-corrected chi connectivity index (χ2v) is 16.2. The van der Waals surface area contributed by atoms with Gasteiger partial charge in [0.15, 0.2) is 0 Å². The van der Waals surface area contributed by atoms with Crippen LogP contribution in [0.2, 0.25) is 0 Å². The molecule has 5 heteroatoms. The van der Waals surface area contributed by atoms with E-state index in [4.69, 9.17) is 9.40 Å². The Kier molecular flexibility index (Phi) is 6.54. The average Bonchev–Trinajstić information content (AvgIpc) is 3.79. The maximum absolute atomic E-state index is 6.75. The minimum Gasteiger partial charge on any atom is -0.458 e. The first-order valence-corrected chi connectivity index (χ1v) is 19.6. The van der Waals surface area contributed by atoms with Gasteiger partial charge in [0.2, 0.25) is 0 Å². The Morgan fingerprint density at radius 1 is 0.544 bits per heavy atom. The van der Waals surface area contributed by atoms with Gasteiger partial charge < -0.3 is 4.42 Å². The van der Waals surface area contributed by atoms with Gasteiger partial charge in [0.25, 0.3) is 6.33 Å². The van der Waals surface area contributed by atoms with Crippen LogP contribution >= 0.6 is 0 Å². The number of benzene rings is 7. The molecule has 0 unspecified atom stereocenters. The molecule has 0 N–H and O–H groups in total. The van der Waals surface area contributed by atoms with Crippen LogP contribution in [0.3, 0.4) is 0 Å². The molecule has 0 amide bonds. The minimum atomic E-state index is -0.159. The van der Waals surface area contributed by atoms with E-state index in [1.165, 1.54) is 16.3 Å². The zero-order chi connectivity index (χ0) is 38.0. The molecule has 2 aliphatic heterocycles. The number of hydrogen-bond donors (Lipinski definition) is 0. The van der Waals surface area contributed by atoms with E-state index in [0.717, 1.165) is 93.7 Å². The molecule has 10 aromatic rings. The lowest BCUT2D eigenvalue weighted by Crippen LogP contribution is -2.30. The van der Waals surface area contributed by atoms with Crippen LogP contribution in [0.4, 0.5) is 0 Å². The van der Waals surface area contributed by atoms with Gasteiger partial charge in [-0.25, -0.2) is 4.98 Å². The van der Waals surface area contributed by atoms with Gasteiger partial charge in [0.05, 0.1) is 38.8 Å². The van der Waals surface area contributed by atoms with Crippen LogP contribution in [0.5, 0.6) is 0 Å². The highest BCUT2D eigenvalue weighted by molar-refractivity contribution is 6.19. The highest BCUT2D eigenvalue weighted by Crippen LogP contribution is 2.41. The van der Waals surface area contributed by atoms with Crippen molar-refractivity contribution in [3.8, 4) is 16.8 Å². The first-order valence-electron chi connectivity index (χ1n) is 19.6. The largest absolute Gasteiger partial charge is 0.458 e. The highest BCUT2D eigenvalue weighted by Gasteiger charge is 2.22. The Labute approximate surface area is 327 Å². The topological polar surface area (TPSA) is 38.7 Å². The van der Waals surface area contributed by atoms with Crippen molar-refractivity contribution in [1.82, 2.24) is 13.8 Å². The second kappa shape index (κ2) is 11.6. The minimum absolute atomic E-state index is 0.159. The molecule has 9 bridgehead atoms. The molecule has 57 heavy (non-hydrogen) atoms. The quantitative estimate of drug-likeness (QED) is 0.115.